The number of benzene rings is 1. The van der Waals surface area contributed by atoms with Gasteiger partial charge < -0.3 is 10.6 Å². The highest BCUT2D eigenvalue weighted by atomic mass is 19.1. The largest absolute Gasteiger partial charge is 0.370 e. The monoisotopic (exact) mass is 249 g/mol. The maximum atomic E-state index is 12.7. The van der Waals surface area contributed by atoms with Crippen molar-refractivity contribution < 1.29 is 4.39 Å². The van der Waals surface area contributed by atoms with Crippen LogP contribution >= 0.6 is 0 Å². The molecule has 0 unspecified atom stereocenters. The number of hydrogen-bond donors (Lipinski definition) is 1. The molecule has 1 aromatic rings. The van der Waals surface area contributed by atoms with Crippen molar-refractivity contribution in [3.05, 3.63) is 35.6 Å². The van der Waals surface area contributed by atoms with E-state index in [2.05, 4.69) is 9.89 Å². The third-order valence-corrected chi connectivity index (χ3v) is 3.27. The van der Waals surface area contributed by atoms with E-state index in [0.717, 1.165) is 25.1 Å². The number of likely N-dealkylation sites (tertiary alicyclic amines) is 1. The highest BCUT2D eigenvalue weighted by molar-refractivity contribution is 5.78. The molecule has 1 aliphatic heterocycles. The van der Waals surface area contributed by atoms with E-state index in [-0.39, 0.29) is 5.82 Å². The van der Waals surface area contributed by atoms with Crippen LogP contribution in [0.2, 0.25) is 0 Å². The third kappa shape index (κ3) is 3.72. The van der Waals surface area contributed by atoms with Crippen LogP contribution in [0.5, 0.6) is 0 Å². The maximum Gasteiger partial charge on any atom is 0.191 e. The third-order valence-electron chi connectivity index (χ3n) is 3.27. The van der Waals surface area contributed by atoms with Gasteiger partial charge in [-0.05, 0) is 43.4 Å². The van der Waals surface area contributed by atoms with Crippen LogP contribution in [0.1, 0.15) is 24.8 Å². The molecule has 2 rings (SSSR count). The molecule has 2 N–H and O–H groups in total. The summed E-state index contributed by atoms with van der Waals surface area (Å²) in [5.74, 6) is 0.451. The van der Waals surface area contributed by atoms with Crippen molar-refractivity contribution in [1.29, 1.82) is 0 Å². The molecule has 3 nitrogen and oxygen atoms in total. The van der Waals surface area contributed by atoms with E-state index >= 15 is 0 Å². The van der Waals surface area contributed by atoms with Gasteiger partial charge >= 0.3 is 0 Å². The minimum Gasteiger partial charge on any atom is -0.370 e. The molecule has 0 saturated carbocycles. The van der Waals surface area contributed by atoms with Crippen molar-refractivity contribution in [1.82, 2.24) is 4.90 Å². The van der Waals surface area contributed by atoms with Gasteiger partial charge in [0, 0.05) is 19.6 Å². The summed E-state index contributed by atoms with van der Waals surface area (Å²) in [5.41, 5.74) is 7.04. The number of rotatable bonds is 3. The smallest absolute Gasteiger partial charge is 0.191 e. The predicted molar refractivity (Wildman–Crippen MR) is 72.0 cm³/mol. The lowest BCUT2D eigenvalue weighted by atomic mass is 10.1. The van der Waals surface area contributed by atoms with Crippen molar-refractivity contribution in [2.24, 2.45) is 10.7 Å². The van der Waals surface area contributed by atoms with E-state index in [0.29, 0.717) is 12.5 Å². The molecule has 1 heterocycles. The lowest BCUT2D eigenvalue weighted by Crippen LogP contribution is -2.41. The molecule has 1 fully saturated rings. The first-order valence-electron chi connectivity index (χ1n) is 6.55. The predicted octanol–water partition coefficient (Wildman–Crippen LogP) is 2.17. The average molecular weight is 249 g/mol. The van der Waals surface area contributed by atoms with Crippen LogP contribution in [0.4, 0.5) is 4.39 Å². The summed E-state index contributed by atoms with van der Waals surface area (Å²) in [5, 5.41) is 0. The van der Waals surface area contributed by atoms with Gasteiger partial charge in [-0.1, -0.05) is 12.1 Å². The van der Waals surface area contributed by atoms with Crippen molar-refractivity contribution in [2.45, 2.75) is 25.7 Å². The Morgan fingerprint density at radius 2 is 1.83 bits per heavy atom. The first-order chi connectivity index (χ1) is 8.75. The van der Waals surface area contributed by atoms with E-state index in [9.17, 15) is 4.39 Å². The lowest BCUT2D eigenvalue weighted by Gasteiger charge is -2.27. The summed E-state index contributed by atoms with van der Waals surface area (Å²) in [6, 6.07) is 6.55. The number of halogens is 1. The Bertz CT molecular complexity index is 394. The minimum atomic E-state index is -0.199. The molecule has 0 aromatic heterocycles. The molecule has 0 bridgehead atoms. The standard InChI is InChI=1S/C14H20FN3/c15-13-6-4-12(5-7-13)8-9-17-14(16)18-10-2-1-3-11-18/h4-7H,1-3,8-11H2,(H2,16,17). The molecule has 18 heavy (non-hydrogen) atoms. The van der Waals surface area contributed by atoms with Crippen molar-refractivity contribution in [3.8, 4) is 0 Å². The fourth-order valence-electron chi connectivity index (χ4n) is 2.17. The van der Waals surface area contributed by atoms with Gasteiger partial charge in [0.1, 0.15) is 5.82 Å². The highest BCUT2D eigenvalue weighted by Gasteiger charge is 2.11. The van der Waals surface area contributed by atoms with Crippen LogP contribution in [0.15, 0.2) is 29.3 Å². The zero-order valence-electron chi connectivity index (χ0n) is 10.6. The number of guanidine groups is 1. The second-order valence-corrected chi connectivity index (χ2v) is 4.66. The van der Waals surface area contributed by atoms with Gasteiger partial charge in [0.25, 0.3) is 0 Å². The Labute approximate surface area is 108 Å². The molecule has 0 atom stereocenters. The van der Waals surface area contributed by atoms with Gasteiger partial charge in [0.2, 0.25) is 0 Å². The topological polar surface area (TPSA) is 41.6 Å². The summed E-state index contributed by atoms with van der Waals surface area (Å²) in [6.07, 6.45) is 4.50. The molecule has 4 heteroatoms. The van der Waals surface area contributed by atoms with E-state index in [1.54, 1.807) is 12.1 Å². The minimum absolute atomic E-state index is 0.199. The second kappa shape index (κ2) is 6.38. The van der Waals surface area contributed by atoms with Gasteiger partial charge in [0.05, 0.1) is 0 Å². The van der Waals surface area contributed by atoms with E-state index in [4.69, 9.17) is 5.73 Å². The number of nitrogens with zero attached hydrogens (tertiary/aromatic N) is 2. The first-order valence-corrected chi connectivity index (χ1v) is 6.55. The molecule has 0 amide bonds. The molecular weight excluding hydrogens is 229 g/mol. The van der Waals surface area contributed by atoms with Crippen LogP contribution in [-0.4, -0.2) is 30.5 Å². The Morgan fingerprint density at radius 3 is 2.50 bits per heavy atom. The fraction of sp³-hybridized carbons (Fsp3) is 0.500. The van der Waals surface area contributed by atoms with E-state index < -0.39 is 0 Å². The second-order valence-electron chi connectivity index (χ2n) is 4.66. The van der Waals surface area contributed by atoms with E-state index in [1.807, 2.05) is 0 Å². The molecule has 1 aromatic carbocycles. The number of piperidine rings is 1. The fourth-order valence-corrected chi connectivity index (χ4v) is 2.17. The van der Waals surface area contributed by atoms with Crippen molar-refractivity contribution in [3.63, 3.8) is 0 Å². The molecule has 1 saturated heterocycles. The van der Waals surface area contributed by atoms with Gasteiger partial charge in [-0.2, -0.15) is 0 Å². The summed E-state index contributed by atoms with van der Waals surface area (Å²) in [6.45, 7) is 2.70. The molecule has 0 aliphatic carbocycles. The van der Waals surface area contributed by atoms with Gasteiger partial charge in [-0.25, -0.2) is 4.39 Å². The quantitative estimate of drug-likeness (QED) is 0.659. The van der Waals surface area contributed by atoms with Gasteiger partial charge in [-0.15, -0.1) is 0 Å². The molecule has 98 valence electrons. The summed E-state index contributed by atoms with van der Waals surface area (Å²) >= 11 is 0. The first kappa shape index (κ1) is 12.9. The summed E-state index contributed by atoms with van der Waals surface area (Å²) in [4.78, 5) is 6.54. The van der Waals surface area contributed by atoms with Crippen molar-refractivity contribution in [2.75, 3.05) is 19.6 Å². The van der Waals surface area contributed by atoms with Crippen LogP contribution in [0, 0.1) is 5.82 Å². The Kier molecular flexibility index (Phi) is 4.56. The van der Waals surface area contributed by atoms with Crippen LogP contribution in [-0.2, 0) is 6.42 Å². The van der Waals surface area contributed by atoms with Crippen LogP contribution < -0.4 is 5.73 Å². The van der Waals surface area contributed by atoms with Gasteiger partial charge in [0.15, 0.2) is 5.96 Å². The maximum absolute atomic E-state index is 12.7. The highest BCUT2D eigenvalue weighted by Crippen LogP contribution is 2.08. The SMILES string of the molecule is NC(=NCCc1ccc(F)cc1)N1CCCCC1. The summed E-state index contributed by atoms with van der Waals surface area (Å²) < 4.78 is 12.7. The normalized spacial score (nSPS) is 16.9. The van der Waals surface area contributed by atoms with Crippen LogP contribution in [0.3, 0.4) is 0 Å². The molecule has 0 radical (unpaired) electrons. The van der Waals surface area contributed by atoms with Crippen LogP contribution in [0.25, 0.3) is 0 Å². The zero-order valence-corrected chi connectivity index (χ0v) is 10.6. The van der Waals surface area contributed by atoms with E-state index in [1.165, 1.54) is 31.4 Å². The number of aliphatic imine (C=N–C) groups is 1. The average Bonchev–Trinajstić information content (AvgIpc) is 2.42. The molecule has 0 spiro atoms. The molecule has 1 aliphatic rings. The number of hydrogen-bond acceptors (Lipinski definition) is 1. The Hall–Kier alpha value is -1.58. The Morgan fingerprint density at radius 1 is 1.17 bits per heavy atom. The van der Waals surface area contributed by atoms with Crippen molar-refractivity contribution >= 4 is 5.96 Å². The summed E-state index contributed by atoms with van der Waals surface area (Å²) in [7, 11) is 0. The lowest BCUT2D eigenvalue weighted by molar-refractivity contribution is 0.338. The number of nitrogens with two attached hydrogens (primary N) is 1. The zero-order chi connectivity index (χ0) is 12.8. The Balaban J connectivity index is 1.81. The van der Waals surface area contributed by atoms with Gasteiger partial charge in [-0.3, -0.25) is 4.99 Å². The molecular formula is C14H20FN3.